The summed E-state index contributed by atoms with van der Waals surface area (Å²) in [6.07, 6.45) is 2.35. The first-order valence-electron chi connectivity index (χ1n) is 7.80. The van der Waals surface area contributed by atoms with Crippen molar-refractivity contribution in [1.29, 1.82) is 0 Å². The van der Waals surface area contributed by atoms with Gasteiger partial charge in [0.1, 0.15) is 0 Å². The number of rotatable bonds is 3. The summed E-state index contributed by atoms with van der Waals surface area (Å²) in [5.74, 6) is 2.08. The first kappa shape index (κ1) is 20.1. The second-order valence-corrected chi connectivity index (χ2v) is 6.55. The second-order valence-electron chi connectivity index (χ2n) is 6.55. The van der Waals surface area contributed by atoms with E-state index in [2.05, 4.69) is 46.1 Å². The molecule has 7 nitrogen and oxygen atoms in total. The third-order valence-electron chi connectivity index (χ3n) is 3.44. The van der Waals surface area contributed by atoms with E-state index in [4.69, 9.17) is 9.26 Å². The minimum atomic E-state index is -0.0808. The van der Waals surface area contributed by atoms with E-state index < -0.39 is 0 Å². The third-order valence-corrected chi connectivity index (χ3v) is 3.44. The third kappa shape index (κ3) is 6.62. The summed E-state index contributed by atoms with van der Waals surface area (Å²) in [5.41, 5.74) is -0.0808. The predicted octanol–water partition coefficient (Wildman–Crippen LogP) is 2.35. The lowest BCUT2D eigenvalue weighted by Crippen LogP contribution is -2.47. The van der Waals surface area contributed by atoms with Gasteiger partial charge in [0.2, 0.25) is 5.89 Å². The van der Waals surface area contributed by atoms with E-state index in [0.717, 1.165) is 31.9 Å². The van der Waals surface area contributed by atoms with Gasteiger partial charge in [-0.15, -0.1) is 24.0 Å². The molecule has 0 saturated carbocycles. The summed E-state index contributed by atoms with van der Waals surface area (Å²) in [7, 11) is 1.79. The fourth-order valence-corrected chi connectivity index (χ4v) is 2.58. The van der Waals surface area contributed by atoms with Crippen molar-refractivity contribution in [2.45, 2.75) is 58.8 Å². The first-order chi connectivity index (χ1) is 10.4. The fraction of sp³-hybridized carbons (Fsp3) is 0.800. The number of halogens is 1. The van der Waals surface area contributed by atoms with Gasteiger partial charge in [-0.2, -0.15) is 4.98 Å². The Morgan fingerprint density at radius 1 is 1.39 bits per heavy atom. The van der Waals surface area contributed by atoms with Crippen LogP contribution in [0.2, 0.25) is 0 Å². The van der Waals surface area contributed by atoms with Crippen molar-refractivity contribution in [2.75, 3.05) is 20.1 Å². The average molecular weight is 437 g/mol. The molecule has 0 spiro atoms. The Hall–Kier alpha value is -0.900. The van der Waals surface area contributed by atoms with Crippen molar-refractivity contribution in [2.24, 2.45) is 4.99 Å². The first-order valence-corrected chi connectivity index (χ1v) is 7.80. The van der Waals surface area contributed by atoms with Gasteiger partial charge in [0, 0.05) is 20.1 Å². The van der Waals surface area contributed by atoms with Crippen LogP contribution >= 0.6 is 24.0 Å². The van der Waals surface area contributed by atoms with Gasteiger partial charge >= 0.3 is 0 Å². The van der Waals surface area contributed by atoms with Crippen LogP contribution in [0.3, 0.4) is 0 Å². The van der Waals surface area contributed by atoms with Gasteiger partial charge in [-0.3, -0.25) is 4.99 Å². The maximum atomic E-state index is 6.05. The highest BCUT2D eigenvalue weighted by atomic mass is 127. The number of aryl methyl sites for hydroxylation is 1. The molecule has 1 aromatic heterocycles. The number of guanidine groups is 1. The number of hydrogen-bond acceptors (Lipinski definition) is 5. The van der Waals surface area contributed by atoms with Crippen molar-refractivity contribution < 1.29 is 9.26 Å². The molecule has 0 unspecified atom stereocenters. The van der Waals surface area contributed by atoms with E-state index in [9.17, 15) is 0 Å². The van der Waals surface area contributed by atoms with E-state index in [-0.39, 0.29) is 29.6 Å². The molecule has 1 aliphatic heterocycles. The molecule has 1 N–H and O–H groups in total. The lowest BCUT2D eigenvalue weighted by atomic mass is 10.1. The second kappa shape index (κ2) is 8.81. The topological polar surface area (TPSA) is 75.8 Å². The standard InChI is InChI=1S/C15H27N5O2.HI/c1-11-18-13(22-19-11)10-17-14(16-5)20-8-6-12(7-9-20)21-15(2,3)4;/h12H,6-10H2,1-5H3,(H,16,17);1H. The highest BCUT2D eigenvalue weighted by Crippen LogP contribution is 2.20. The Morgan fingerprint density at radius 2 is 2.04 bits per heavy atom. The number of nitrogens with zero attached hydrogens (tertiary/aromatic N) is 4. The Morgan fingerprint density at radius 3 is 2.52 bits per heavy atom. The Kier molecular flexibility index (Phi) is 7.72. The molecular formula is C15H28IN5O2. The van der Waals surface area contributed by atoms with Gasteiger partial charge in [0.15, 0.2) is 11.8 Å². The lowest BCUT2D eigenvalue weighted by Gasteiger charge is -2.36. The molecule has 1 saturated heterocycles. The highest BCUT2D eigenvalue weighted by Gasteiger charge is 2.25. The van der Waals surface area contributed by atoms with E-state index in [1.54, 1.807) is 7.05 Å². The van der Waals surface area contributed by atoms with Crippen LogP contribution in [0, 0.1) is 6.92 Å². The lowest BCUT2D eigenvalue weighted by molar-refractivity contribution is -0.0773. The van der Waals surface area contributed by atoms with Gasteiger partial charge in [-0.05, 0) is 40.5 Å². The van der Waals surface area contributed by atoms with E-state index in [0.29, 0.717) is 24.4 Å². The van der Waals surface area contributed by atoms with E-state index >= 15 is 0 Å². The van der Waals surface area contributed by atoms with Crippen LogP contribution in [0.5, 0.6) is 0 Å². The molecule has 0 bridgehead atoms. The number of likely N-dealkylation sites (tertiary alicyclic amines) is 1. The van der Waals surface area contributed by atoms with Gasteiger partial charge in [0.25, 0.3) is 0 Å². The summed E-state index contributed by atoms with van der Waals surface area (Å²) >= 11 is 0. The summed E-state index contributed by atoms with van der Waals surface area (Å²) in [6, 6.07) is 0. The molecule has 1 aliphatic rings. The van der Waals surface area contributed by atoms with Crippen LogP contribution in [-0.4, -0.2) is 52.8 Å². The van der Waals surface area contributed by atoms with Crippen LogP contribution in [0.1, 0.15) is 45.3 Å². The molecule has 0 aliphatic carbocycles. The normalized spacial score (nSPS) is 17.1. The summed E-state index contributed by atoms with van der Waals surface area (Å²) in [5, 5.41) is 7.05. The van der Waals surface area contributed by atoms with Crippen LogP contribution < -0.4 is 5.32 Å². The highest BCUT2D eigenvalue weighted by molar-refractivity contribution is 14.0. The van der Waals surface area contributed by atoms with Crippen molar-refractivity contribution in [3.05, 3.63) is 11.7 Å². The van der Waals surface area contributed by atoms with Crippen molar-refractivity contribution >= 4 is 29.9 Å². The van der Waals surface area contributed by atoms with Crippen LogP contribution in [0.25, 0.3) is 0 Å². The zero-order valence-corrected chi connectivity index (χ0v) is 17.0. The zero-order chi connectivity index (χ0) is 16.2. The van der Waals surface area contributed by atoms with Crippen LogP contribution in [0.15, 0.2) is 9.52 Å². The average Bonchev–Trinajstić information content (AvgIpc) is 2.85. The van der Waals surface area contributed by atoms with E-state index in [1.807, 2.05) is 6.92 Å². The minimum Gasteiger partial charge on any atom is -0.372 e. The molecule has 1 fully saturated rings. The monoisotopic (exact) mass is 437 g/mol. The zero-order valence-electron chi connectivity index (χ0n) is 14.6. The maximum absolute atomic E-state index is 6.05. The van der Waals surface area contributed by atoms with Gasteiger partial charge in [0.05, 0.1) is 18.2 Å². The molecule has 23 heavy (non-hydrogen) atoms. The van der Waals surface area contributed by atoms with Gasteiger partial charge in [-0.25, -0.2) is 0 Å². The number of aromatic nitrogens is 2. The fourth-order valence-electron chi connectivity index (χ4n) is 2.58. The summed E-state index contributed by atoms with van der Waals surface area (Å²) < 4.78 is 11.2. The van der Waals surface area contributed by atoms with Gasteiger partial charge in [-0.1, -0.05) is 5.16 Å². The predicted molar refractivity (Wildman–Crippen MR) is 100 cm³/mol. The molecule has 8 heteroatoms. The number of hydrogen-bond donors (Lipinski definition) is 1. The largest absolute Gasteiger partial charge is 0.372 e. The van der Waals surface area contributed by atoms with Crippen molar-refractivity contribution in [1.82, 2.24) is 20.4 Å². The molecular weight excluding hydrogens is 409 g/mol. The SMILES string of the molecule is CN=C(NCc1nc(C)no1)N1CCC(OC(C)(C)C)CC1.I. The molecule has 2 heterocycles. The molecule has 132 valence electrons. The Labute approximate surface area is 155 Å². The number of nitrogens with one attached hydrogen (secondary N) is 1. The Balaban J connectivity index is 0.00000264. The minimum absolute atomic E-state index is 0. The molecule has 0 aromatic carbocycles. The molecule has 0 radical (unpaired) electrons. The quantitative estimate of drug-likeness (QED) is 0.445. The number of piperidine rings is 1. The molecule has 0 atom stereocenters. The summed E-state index contributed by atoms with van der Waals surface area (Å²) in [6.45, 7) is 10.5. The number of aliphatic imine (C=N–C) groups is 1. The van der Waals surface area contributed by atoms with Gasteiger partial charge < -0.3 is 19.5 Å². The summed E-state index contributed by atoms with van der Waals surface area (Å²) in [4.78, 5) is 10.8. The molecule has 1 aromatic rings. The molecule has 2 rings (SSSR count). The number of ether oxygens (including phenoxy) is 1. The van der Waals surface area contributed by atoms with E-state index in [1.165, 1.54) is 0 Å². The van der Waals surface area contributed by atoms with Crippen molar-refractivity contribution in [3.8, 4) is 0 Å². The van der Waals surface area contributed by atoms with Crippen molar-refractivity contribution in [3.63, 3.8) is 0 Å². The maximum Gasteiger partial charge on any atom is 0.246 e. The van der Waals surface area contributed by atoms with Crippen LogP contribution in [0.4, 0.5) is 0 Å². The Bertz CT molecular complexity index is 504. The smallest absolute Gasteiger partial charge is 0.246 e. The molecule has 0 amide bonds. The van der Waals surface area contributed by atoms with Crippen LogP contribution in [-0.2, 0) is 11.3 Å².